The minimum Gasteiger partial charge on any atom is -0.484 e. The molecular weight excluding hydrogens is 397 g/mol. The van der Waals surface area contributed by atoms with Crippen LogP contribution < -0.4 is 10.2 Å². The lowest BCUT2D eigenvalue weighted by molar-refractivity contribution is -0.134. The van der Waals surface area contributed by atoms with Crippen LogP contribution in [0.25, 0.3) is 11.0 Å². The molecule has 31 heavy (non-hydrogen) atoms. The van der Waals surface area contributed by atoms with E-state index in [4.69, 9.17) is 9.15 Å². The van der Waals surface area contributed by atoms with E-state index in [0.717, 1.165) is 5.56 Å². The van der Waals surface area contributed by atoms with Crippen LogP contribution >= 0.6 is 0 Å². The zero-order chi connectivity index (χ0) is 21.6. The average molecular weight is 417 g/mol. The van der Waals surface area contributed by atoms with Gasteiger partial charge >= 0.3 is 0 Å². The summed E-state index contributed by atoms with van der Waals surface area (Å²) in [6.07, 6.45) is 1.38. The second-order valence-corrected chi connectivity index (χ2v) is 7.06. The summed E-state index contributed by atoms with van der Waals surface area (Å²) in [6, 6.07) is 21.9. The van der Waals surface area contributed by atoms with Gasteiger partial charge in [-0.2, -0.15) is 0 Å². The van der Waals surface area contributed by atoms with Crippen molar-refractivity contribution in [3.05, 3.63) is 112 Å². The van der Waals surface area contributed by atoms with Gasteiger partial charge in [0.2, 0.25) is 0 Å². The highest BCUT2D eigenvalue weighted by Gasteiger charge is 2.18. The van der Waals surface area contributed by atoms with Gasteiger partial charge in [-0.3, -0.25) is 9.59 Å². The Hall–Kier alpha value is -3.93. The fourth-order valence-electron chi connectivity index (χ4n) is 3.23. The summed E-state index contributed by atoms with van der Waals surface area (Å²) >= 11 is 0. The SMILES string of the molecule is O=C(COc1ccccc1)N(Cc1ccc(F)cc1)Cc1coc2ccccc2c1=O. The number of hydrogen-bond donors (Lipinski definition) is 0. The van der Waals surface area contributed by atoms with Crippen LogP contribution in [0.3, 0.4) is 0 Å². The predicted molar refractivity (Wildman–Crippen MR) is 115 cm³/mol. The molecule has 1 heterocycles. The van der Waals surface area contributed by atoms with E-state index in [1.807, 2.05) is 18.2 Å². The lowest BCUT2D eigenvalue weighted by atomic mass is 10.1. The maximum Gasteiger partial charge on any atom is 0.261 e. The Bertz CT molecular complexity index is 1240. The number of amides is 1. The number of fused-ring (bicyclic) bond motifs is 1. The van der Waals surface area contributed by atoms with E-state index in [1.165, 1.54) is 23.3 Å². The van der Waals surface area contributed by atoms with Crippen molar-refractivity contribution in [1.29, 1.82) is 0 Å². The molecule has 4 aromatic rings. The molecule has 0 aliphatic heterocycles. The van der Waals surface area contributed by atoms with Crippen molar-refractivity contribution in [3.8, 4) is 5.75 Å². The summed E-state index contributed by atoms with van der Waals surface area (Å²) in [6.45, 7) is 0.0508. The lowest BCUT2D eigenvalue weighted by Gasteiger charge is -2.23. The van der Waals surface area contributed by atoms with Crippen LogP contribution in [0.15, 0.2) is 94.3 Å². The van der Waals surface area contributed by atoms with E-state index >= 15 is 0 Å². The van der Waals surface area contributed by atoms with Gasteiger partial charge in [0.25, 0.3) is 5.91 Å². The Kier molecular flexibility index (Phi) is 6.08. The maximum absolute atomic E-state index is 13.3. The van der Waals surface area contributed by atoms with Crippen molar-refractivity contribution in [1.82, 2.24) is 4.90 Å². The van der Waals surface area contributed by atoms with Crippen LogP contribution in [0.1, 0.15) is 11.1 Å². The van der Waals surface area contributed by atoms with E-state index in [9.17, 15) is 14.0 Å². The van der Waals surface area contributed by atoms with Crippen LogP contribution in [0, 0.1) is 5.82 Å². The molecule has 0 aliphatic carbocycles. The van der Waals surface area contributed by atoms with Crippen LogP contribution in [0.5, 0.6) is 5.75 Å². The third-order valence-corrected chi connectivity index (χ3v) is 4.86. The molecule has 0 aliphatic rings. The minimum atomic E-state index is -0.357. The third kappa shape index (κ3) is 4.98. The molecule has 0 fully saturated rings. The van der Waals surface area contributed by atoms with E-state index in [1.54, 1.807) is 48.5 Å². The van der Waals surface area contributed by atoms with E-state index in [0.29, 0.717) is 22.3 Å². The van der Waals surface area contributed by atoms with Crippen molar-refractivity contribution < 1.29 is 18.3 Å². The maximum atomic E-state index is 13.3. The number of benzene rings is 3. The topological polar surface area (TPSA) is 59.8 Å². The van der Waals surface area contributed by atoms with Crippen molar-refractivity contribution in [2.75, 3.05) is 6.61 Å². The monoisotopic (exact) mass is 417 g/mol. The van der Waals surface area contributed by atoms with Gasteiger partial charge in [-0.05, 0) is 42.0 Å². The van der Waals surface area contributed by atoms with Crippen LogP contribution in [-0.2, 0) is 17.9 Å². The number of nitrogens with zero attached hydrogens (tertiary/aromatic N) is 1. The molecule has 0 spiro atoms. The fourth-order valence-corrected chi connectivity index (χ4v) is 3.23. The molecule has 0 radical (unpaired) electrons. The minimum absolute atomic E-state index is 0.0432. The highest BCUT2D eigenvalue weighted by molar-refractivity contribution is 5.79. The molecule has 156 valence electrons. The first-order valence-corrected chi connectivity index (χ1v) is 9.79. The number of rotatable bonds is 7. The smallest absolute Gasteiger partial charge is 0.261 e. The van der Waals surface area contributed by atoms with Crippen molar-refractivity contribution in [3.63, 3.8) is 0 Å². The first-order chi connectivity index (χ1) is 15.1. The van der Waals surface area contributed by atoms with E-state index < -0.39 is 0 Å². The summed E-state index contributed by atoms with van der Waals surface area (Å²) in [5.41, 5.74) is 1.39. The molecule has 0 saturated heterocycles. The van der Waals surface area contributed by atoms with Crippen molar-refractivity contribution in [2.45, 2.75) is 13.1 Å². The van der Waals surface area contributed by atoms with Gasteiger partial charge in [0.1, 0.15) is 17.1 Å². The lowest BCUT2D eigenvalue weighted by Crippen LogP contribution is -2.35. The number of halogens is 1. The van der Waals surface area contributed by atoms with Gasteiger partial charge in [0.05, 0.1) is 23.8 Å². The molecule has 3 aromatic carbocycles. The molecule has 5 nitrogen and oxygen atoms in total. The molecule has 1 amide bonds. The molecule has 4 rings (SSSR count). The van der Waals surface area contributed by atoms with Crippen molar-refractivity contribution in [2.24, 2.45) is 0 Å². The zero-order valence-corrected chi connectivity index (χ0v) is 16.7. The van der Waals surface area contributed by atoms with Gasteiger partial charge < -0.3 is 14.1 Å². The predicted octanol–water partition coefficient (Wildman–Crippen LogP) is 4.54. The first kappa shape index (κ1) is 20.3. The highest BCUT2D eigenvalue weighted by Crippen LogP contribution is 2.15. The van der Waals surface area contributed by atoms with Gasteiger partial charge in [-0.25, -0.2) is 4.39 Å². The molecule has 0 bridgehead atoms. The van der Waals surface area contributed by atoms with Crippen LogP contribution in [-0.4, -0.2) is 17.4 Å². The van der Waals surface area contributed by atoms with Gasteiger partial charge in [-0.15, -0.1) is 0 Å². The Labute approximate surface area is 178 Å². The summed E-state index contributed by atoms with van der Waals surface area (Å²) in [5, 5.41) is 0.453. The van der Waals surface area contributed by atoms with Crippen LogP contribution in [0.4, 0.5) is 4.39 Å². The fraction of sp³-hybridized carbons (Fsp3) is 0.120. The van der Waals surface area contributed by atoms with Crippen LogP contribution in [0.2, 0.25) is 0 Å². The number of hydrogen-bond acceptors (Lipinski definition) is 4. The van der Waals surface area contributed by atoms with Gasteiger partial charge in [0.15, 0.2) is 12.0 Å². The summed E-state index contributed by atoms with van der Waals surface area (Å²) in [7, 11) is 0. The number of carbonyl (C=O) groups is 1. The molecule has 0 atom stereocenters. The Balaban J connectivity index is 1.58. The normalized spacial score (nSPS) is 10.7. The molecule has 0 unspecified atom stereocenters. The van der Waals surface area contributed by atoms with Crippen molar-refractivity contribution >= 4 is 16.9 Å². The quantitative estimate of drug-likeness (QED) is 0.443. The molecule has 0 saturated carbocycles. The second-order valence-electron chi connectivity index (χ2n) is 7.06. The highest BCUT2D eigenvalue weighted by atomic mass is 19.1. The largest absolute Gasteiger partial charge is 0.484 e. The molecule has 0 N–H and O–H groups in total. The van der Waals surface area contributed by atoms with E-state index in [2.05, 4.69) is 0 Å². The second kappa shape index (κ2) is 9.26. The molecular formula is C25H20FNO4. The summed E-state index contributed by atoms with van der Waals surface area (Å²) in [4.78, 5) is 27.3. The number of para-hydroxylation sites is 2. The van der Waals surface area contributed by atoms with E-state index in [-0.39, 0.29) is 36.8 Å². The summed E-state index contributed by atoms with van der Waals surface area (Å²) in [5.74, 6) is -0.0900. The van der Waals surface area contributed by atoms with Gasteiger partial charge in [0, 0.05) is 6.54 Å². The Morgan fingerprint density at radius 2 is 1.61 bits per heavy atom. The Morgan fingerprint density at radius 3 is 2.39 bits per heavy atom. The third-order valence-electron chi connectivity index (χ3n) is 4.86. The molecule has 6 heteroatoms. The zero-order valence-electron chi connectivity index (χ0n) is 16.7. The Morgan fingerprint density at radius 1 is 0.903 bits per heavy atom. The first-order valence-electron chi connectivity index (χ1n) is 9.79. The average Bonchev–Trinajstić information content (AvgIpc) is 2.81. The molecule has 1 aromatic heterocycles. The van der Waals surface area contributed by atoms with Gasteiger partial charge in [-0.1, -0.05) is 42.5 Å². The number of carbonyl (C=O) groups excluding carboxylic acids is 1. The summed E-state index contributed by atoms with van der Waals surface area (Å²) < 4.78 is 24.5. The number of ether oxygens (including phenoxy) is 1. The standard InChI is InChI=1S/C25H20FNO4/c26-20-12-10-18(11-13-20)14-27(24(28)17-30-21-6-2-1-3-7-21)15-19-16-31-23-9-5-4-8-22(23)25(19)29/h1-13,16H,14-15,17H2.